The van der Waals surface area contributed by atoms with E-state index in [0.717, 1.165) is 63.2 Å². The van der Waals surface area contributed by atoms with E-state index in [4.69, 9.17) is 0 Å². The summed E-state index contributed by atoms with van der Waals surface area (Å²) in [5, 5.41) is 21.1. The molecule has 0 heterocycles. The highest BCUT2D eigenvalue weighted by Crippen LogP contribution is 2.58. The quantitative estimate of drug-likeness (QED) is 0.442. The molecular weight excluding hydrogens is 368 g/mol. The SMILES string of the molecule is CC[C@]1(O)CC[C@H](C)/C(=C\C[C@@H]2CCC[C@]3(C)C([C@H](C)CCC4(O)CC4)=CC[C@@H]23)C1. The van der Waals surface area contributed by atoms with Gasteiger partial charge in [-0.2, -0.15) is 0 Å². The third-order valence-corrected chi connectivity index (χ3v) is 9.86. The maximum Gasteiger partial charge on any atom is 0.0682 e. The molecule has 4 aliphatic carbocycles. The van der Waals surface area contributed by atoms with Crippen molar-refractivity contribution in [2.45, 2.75) is 122 Å². The minimum atomic E-state index is -0.456. The van der Waals surface area contributed by atoms with Gasteiger partial charge in [-0.3, -0.25) is 0 Å². The summed E-state index contributed by atoms with van der Waals surface area (Å²) in [4.78, 5) is 0. The summed E-state index contributed by atoms with van der Waals surface area (Å²) in [6.07, 6.45) is 19.7. The van der Waals surface area contributed by atoms with Gasteiger partial charge in [0.05, 0.1) is 11.2 Å². The normalized spacial score (nSPS) is 42.7. The second kappa shape index (κ2) is 8.39. The molecule has 0 aliphatic heterocycles. The number of rotatable bonds is 7. The molecule has 3 fully saturated rings. The Morgan fingerprint density at radius 1 is 1.13 bits per heavy atom. The van der Waals surface area contributed by atoms with Crippen molar-refractivity contribution in [3.05, 3.63) is 23.3 Å². The predicted octanol–water partition coefficient (Wildman–Crippen LogP) is 6.96. The lowest BCUT2D eigenvalue weighted by molar-refractivity contribution is 0.00839. The van der Waals surface area contributed by atoms with Crippen LogP contribution in [0.25, 0.3) is 0 Å². The molecule has 0 saturated heterocycles. The van der Waals surface area contributed by atoms with Gasteiger partial charge in [-0.25, -0.2) is 0 Å². The molecule has 170 valence electrons. The largest absolute Gasteiger partial charge is 0.390 e. The van der Waals surface area contributed by atoms with Crippen LogP contribution in [0.3, 0.4) is 0 Å². The molecule has 4 rings (SSSR count). The van der Waals surface area contributed by atoms with E-state index in [1.807, 2.05) is 0 Å². The molecule has 6 atom stereocenters. The number of fused-ring (bicyclic) bond motifs is 1. The second-order valence-corrected chi connectivity index (χ2v) is 11.9. The van der Waals surface area contributed by atoms with Crippen molar-refractivity contribution in [3.8, 4) is 0 Å². The first kappa shape index (κ1) is 22.6. The highest BCUT2D eigenvalue weighted by molar-refractivity contribution is 5.26. The molecule has 0 aromatic carbocycles. The minimum Gasteiger partial charge on any atom is -0.390 e. The van der Waals surface area contributed by atoms with E-state index in [1.54, 1.807) is 5.57 Å². The zero-order valence-electron chi connectivity index (χ0n) is 20.1. The molecule has 0 radical (unpaired) electrons. The molecule has 0 amide bonds. The molecule has 2 N–H and O–H groups in total. The lowest BCUT2D eigenvalue weighted by atomic mass is 9.59. The Morgan fingerprint density at radius 2 is 1.90 bits per heavy atom. The summed E-state index contributed by atoms with van der Waals surface area (Å²) in [6, 6.07) is 0. The van der Waals surface area contributed by atoms with E-state index >= 15 is 0 Å². The predicted molar refractivity (Wildman–Crippen MR) is 125 cm³/mol. The van der Waals surface area contributed by atoms with Crippen LogP contribution in [0.2, 0.25) is 0 Å². The summed E-state index contributed by atoms with van der Waals surface area (Å²) in [7, 11) is 0. The van der Waals surface area contributed by atoms with Crippen molar-refractivity contribution < 1.29 is 10.2 Å². The van der Waals surface area contributed by atoms with Crippen LogP contribution in [0, 0.1) is 29.1 Å². The van der Waals surface area contributed by atoms with E-state index in [9.17, 15) is 10.2 Å². The molecule has 0 bridgehead atoms. The van der Waals surface area contributed by atoms with Crippen LogP contribution < -0.4 is 0 Å². The second-order valence-electron chi connectivity index (χ2n) is 11.9. The Morgan fingerprint density at radius 3 is 2.60 bits per heavy atom. The first-order valence-corrected chi connectivity index (χ1v) is 13.0. The van der Waals surface area contributed by atoms with Gasteiger partial charge in [-0.05, 0) is 106 Å². The van der Waals surface area contributed by atoms with Crippen LogP contribution in [0.4, 0.5) is 0 Å². The van der Waals surface area contributed by atoms with Crippen molar-refractivity contribution in [1.29, 1.82) is 0 Å². The minimum absolute atomic E-state index is 0.313. The van der Waals surface area contributed by atoms with Gasteiger partial charge in [-0.1, -0.05) is 57.4 Å². The van der Waals surface area contributed by atoms with Gasteiger partial charge in [0.1, 0.15) is 0 Å². The average Bonchev–Trinajstić information content (AvgIpc) is 3.35. The standard InChI is InChI=1S/C28H46O2/c1-5-27(29)15-12-20(2)23(19-27)9-8-22-7-6-14-26(4)24(10-11-25(22)26)21(3)13-16-28(30)17-18-28/h9-10,20-22,25,29-30H,5-8,11-19H2,1-4H3/b23-9-/t20-,21+,22-,25-,26+,27-/m0/s1. The van der Waals surface area contributed by atoms with Gasteiger partial charge >= 0.3 is 0 Å². The first-order chi connectivity index (χ1) is 14.2. The van der Waals surface area contributed by atoms with Crippen molar-refractivity contribution in [3.63, 3.8) is 0 Å². The van der Waals surface area contributed by atoms with Gasteiger partial charge in [0.15, 0.2) is 0 Å². The van der Waals surface area contributed by atoms with Crippen molar-refractivity contribution in [2.24, 2.45) is 29.1 Å². The zero-order chi connectivity index (χ0) is 21.6. The van der Waals surface area contributed by atoms with Crippen LogP contribution in [0.15, 0.2) is 23.3 Å². The fraction of sp³-hybridized carbons (Fsp3) is 0.857. The molecule has 0 unspecified atom stereocenters. The smallest absolute Gasteiger partial charge is 0.0682 e. The van der Waals surface area contributed by atoms with Crippen LogP contribution in [0.1, 0.15) is 111 Å². The Labute approximate surface area is 185 Å². The zero-order valence-corrected chi connectivity index (χ0v) is 20.1. The van der Waals surface area contributed by atoms with Crippen molar-refractivity contribution in [2.75, 3.05) is 0 Å². The molecule has 0 aromatic heterocycles. The summed E-state index contributed by atoms with van der Waals surface area (Å²) in [5.74, 6) is 2.82. The van der Waals surface area contributed by atoms with Gasteiger partial charge in [-0.15, -0.1) is 0 Å². The molecule has 4 aliphatic rings. The lowest BCUT2D eigenvalue weighted by Gasteiger charge is -2.45. The van der Waals surface area contributed by atoms with Gasteiger partial charge in [0.2, 0.25) is 0 Å². The Hall–Kier alpha value is -0.600. The first-order valence-electron chi connectivity index (χ1n) is 13.0. The van der Waals surface area contributed by atoms with E-state index in [1.165, 1.54) is 37.7 Å². The molecule has 0 spiro atoms. The monoisotopic (exact) mass is 414 g/mol. The molecule has 3 saturated carbocycles. The van der Waals surface area contributed by atoms with Crippen LogP contribution >= 0.6 is 0 Å². The summed E-state index contributed by atoms with van der Waals surface area (Å²) < 4.78 is 0. The molecule has 0 aromatic rings. The summed E-state index contributed by atoms with van der Waals surface area (Å²) in [6.45, 7) is 9.45. The van der Waals surface area contributed by atoms with Crippen LogP contribution in [-0.2, 0) is 0 Å². The van der Waals surface area contributed by atoms with Crippen LogP contribution in [-0.4, -0.2) is 21.4 Å². The Bertz CT molecular complexity index is 687. The summed E-state index contributed by atoms with van der Waals surface area (Å²) in [5.41, 5.74) is 2.83. The van der Waals surface area contributed by atoms with E-state index in [-0.39, 0.29) is 5.60 Å². The highest BCUT2D eigenvalue weighted by atomic mass is 16.3. The Balaban J connectivity index is 1.40. The number of hydrogen-bond donors (Lipinski definition) is 2. The average molecular weight is 415 g/mol. The van der Waals surface area contributed by atoms with E-state index < -0.39 is 5.60 Å². The molecular formula is C28H46O2. The van der Waals surface area contributed by atoms with Crippen molar-refractivity contribution in [1.82, 2.24) is 0 Å². The maximum atomic E-state index is 10.8. The van der Waals surface area contributed by atoms with Gasteiger partial charge in [0.25, 0.3) is 0 Å². The number of allylic oxidation sites excluding steroid dienone is 3. The number of hydrogen-bond acceptors (Lipinski definition) is 2. The third-order valence-electron chi connectivity index (χ3n) is 9.86. The Kier molecular flexibility index (Phi) is 6.32. The van der Waals surface area contributed by atoms with E-state index in [2.05, 4.69) is 39.8 Å². The van der Waals surface area contributed by atoms with Gasteiger partial charge < -0.3 is 10.2 Å². The lowest BCUT2D eigenvalue weighted by Crippen LogP contribution is -2.37. The topological polar surface area (TPSA) is 40.5 Å². The summed E-state index contributed by atoms with van der Waals surface area (Å²) >= 11 is 0. The highest BCUT2D eigenvalue weighted by Gasteiger charge is 2.48. The van der Waals surface area contributed by atoms with Crippen LogP contribution in [0.5, 0.6) is 0 Å². The fourth-order valence-electron chi connectivity index (χ4n) is 7.21. The van der Waals surface area contributed by atoms with Crippen molar-refractivity contribution >= 4 is 0 Å². The van der Waals surface area contributed by atoms with Gasteiger partial charge in [0, 0.05) is 0 Å². The fourth-order valence-corrected chi connectivity index (χ4v) is 7.21. The third kappa shape index (κ3) is 4.46. The molecule has 2 nitrogen and oxygen atoms in total. The maximum absolute atomic E-state index is 10.8. The number of aliphatic hydroxyl groups is 2. The molecule has 30 heavy (non-hydrogen) atoms. The molecule has 2 heteroatoms. The van der Waals surface area contributed by atoms with E-state index in [0.29, 0.717) is 17.3 Å².